The second kappa shape index (κ2) is 4.72. The Morgan fingerprint density at radius 1 is 1.06 bits per heavy atom. The molecule has 2 saturated heterocycles. The number of ketones is 1. The van der Waals surface area contributed by atoms with Crippen molar-refractivity contribution >= 4 is 5.78 Å². The highest BCUT2D eigenvalue weighted by Gasteiger charge is 2.40. The molecule has 1 aliphatic carbocycles. The van der Waals surface area contributed by atoms with Gasteiger partial charge >= 0.3 is 0 Å². The van der Waals surface area contributed by atoms with Gasteiger partial charge in [0, 0.05) is 24.4 Å². The smallest absolute Gasteiger partial charge is 0.136 e. The highest BCUT2D eigenvalue weighted by atomic mass is 16.1. The lowest BCUT2D eigenvalue weighted by molar-refractivity contribution is -0.126. The van der Waals surface area contributed by atoms with Crippen molar-refractivity contribution in [3.05, 3.63) is 0 Å². The van der Waals surface area contributed by atoms with Crippen molar-refractivity contribution in [2.24, 2.45) is 11.8 Å². The van der Waals surface area contributed by atoms with Crippen LogP contribution >= 0.6 is 0 Å². The van der Waals surface area contributed by atoms with E-state index >= 15 is 0 Å². The predicted molar refractivity (Wildman–Crippen MR) is 68.9 cm³/mol. The topological polar surface area (TPSA) is 20.3 Å². The molecule has 3 aliphatic rings. The third kappa shape index (κ3) is 2.29. The van der Waals surface area contributed by atoms with E-state index in [9.17, 15) is 4.79 Å². The first-order valence-electron chi connectivity index (χ1n) is 7.48. The summed E-state index contributed by atoms with van der Waals surface area (Å²) in [6.45, 7) is 0. The molecule has 0 spiro atoms. The minimum Gasteiger partial charge on any atom is -0.300 e. The molecule has 17 heavy (non-hydrogen) atoms. The Labute approximate surface area is 105 Å². The summed E-state index contributed by atoms with van der Waals surface area (Å²) >= 11 is 0. The van der Waals surface area contributed by atoms with E-state index in [-0.39, 0.29) is 0 Å². The number of Topliss-reactive ketones (excluding diaryl/α,β-unsaturated/α-hetero) is 1. The summed E-state index contributed by atoms with van der Waals surface area (Å²) in [7, 11) is 2.25. The van der Waals surface area contributed by atoms with Crippen LogP contribution in [0.1, 0.15) is 57.8 Å². The molecule has 96 valence electrons. The molecule has 2 aliphatic heterocycles. The maximum atomic E-state index is 12.4. The lowest BCUT2D eigenvalue weighted by atomic mass is 9.84. The molecule has 0 radical (unpaired) electrons. The Hall–Kier alpha value is -0.370. The van der Waals surface area contributed by atoms with Crippen LogP contribution in [0.3, 0.4) is 0 Å². The highest BCUT2D eigenvalue weighted by Crippen LogP contribution is 2.39. The number of hydrogen-bond donors (Lipinski definition) is 0. The van der Waals surface area contributed by atoms with E-state index in [1.165, 1.54) is 38.5 Å². The Balaban J connectivity index is 1.56. The van der Waals surface area contributed by atoms with Gasteiger partial charge in [0.05, 0.1) is 0 Å². The van der Waals surface area contributed by atoms with Gasteiger partial charge in [-0.05, 0) is 38.6 Å². The van der Waals surface area contributed by atoms with Crippen LogP contribution < -0.4 is 0 Å². The Morgan fingerprint density at radius 3 is 2.24 bits per heavy atom. The van der Waals surface area contributed by atoms with E-state index in [1.807, 2.05) is 0 Å². The molecular formula is C15H25NO. The molecule has 2 unspecified atom stereocenters. The molecule has 2 atom stereocenters. The van der Waals surface area contributed by atoms with Gasteiger partial charge in [0.15, 0.2) is 0 Å². The fourth-order valence-corrected chi connectivity index (χ4v) is 4.34. The van der Waals surface area contributed by atoms with Gasteiger partial charge < -0.3 is 4.90 Å². The minimum atomic E-state index is 0.407. The first-order chi connectivity index (χ1) is 8.24. The molecule has 0 N–H and O–H groups in total. The minimum absolute atomic E-state index is 0.407. The zero-order valence-electron chi connectivity index (χ0n) is 11.0. The summed E-state index contributed by atoms with van der Waals surface area (Å²) in [5.41, 5.74) is 0. The van der Waals surface area contributed by atoms with Crippen LogP contribution in [0.25, 0.3) is 0 Å². The molecule has 2 nitrogen and oxygen atoms in total. The molecule has 1 saturated carbocycles. The summed E-state index contributed by atoms with van der Waals surface area (Å²) in [4.78, 5) is 14.9. The van der Waals surface area contributed by atoms with Crippen molar-refractivity contribution in [1.82, 2.24) is 4.90 Å². The van der Waals surface area contributed by atoms with Crippen molar-refractivity contribution in [3.8, 4) is 0 Å². The maximum Gasteiger partial charge on any atom is 0.136 e. The van der Waals surface area contributed by atoms with Crippen LogP contribution in [0.5, 0.6) is 0 Å². The third-order valence-corrected chi connectivity index (χ3v) is 5.52. The van der Waals surface area contributed by atoms with Gasteiger partial charge in [0.1, 0.15) is 5.78 Å². The van der Waals surface area contributed by atoms with E-state index in [4.69, 9.17) is 0 Å². The zero-order chi connectivity index (χ0) is 11.8. The van der Waals surface area contributed by atoms with Crippen LogP contribution in [-0.4, -0.2) is 29.8 Å². The Kier molecular flexibility index (Phi) is 3.25. The number of fused-ring (bicyclic) bond motifs is 2. The van der Waals surface area contributed by atoms with E-state index in [0.717, 1.165) is 25.2 Å². The number of rotatable bonds is 3. The number of piperidine rings is 1. The molecule has 0 aromatic carbocycles. The summed E-state index contributed by atoms with van der Waals surface area (Å²) < 4.78 is 0. The SMILES string of the molecule is CN1C2CCC1CC(C(=O)CC1CCCC1)C2. The number of hydrogen-bond acceptors (Lipinski definition) is 2. The van der Waals surface area contributed by atoms with E-state index in [0.29, 0.717) is 23.8 Å². The van der Waals surface area contributed by atoms with E-state index in [2.05, 4.69) is 11.9 Å². The fourth-order valence-electron chi connectivity index (χ4n) is 4.34. The molecule has 2 bridgehead atoms. The first kappa shape index (κ1) is 11.7. The van der Waals surface area contributed by atoms with Crippen molar-refractivity contribution < 1.29 is 4.79 Å². The largest absolute Gasteiger partial charge is 0.300 e. The van der Waals surface area contributed by atoms with Crippen molar-refractivity contribution in [1.29, 1.82) is 0 Å². The van der Waals surface area contributed by atoms with Crippen LogP contribution in [0.2, 0.25) is 0 Å². The number of nitrogens with zero attached hydrogens (tertiary/aromatic N) is 1. The van der Waals surface area contributed by atoms with Gasteiger partial charge in [-0.15, -0.1) is 0 Å². The summed E-state index contributed by atoms with van der Waals surface area (Å²) in [6, 6.07) is 1.43. The number of carbonyl (C=O) groups excluding carboxylic acids is 1. The fraction of sp³-hybridized carbons (Fsp3) is 0.933. The van der Waals surface area contributed by atoms with Gasteiger partial charge in [0.25, 0.3) is 0 Å². The van der Waals surface area contributed by atoms with Gasteiger partial charge in [-0.2, -0.15) is 0 Å². The highest BCUT2D eigenvalue weighted by molar-refractivity contribution is 5.81. The predicted octanol–water partition coefficient (Wildman–Crippen LogP) is 3.01. The molecule has 0 aromatic heterocycles. The average molecular weight is 235 g/mol. The van der Waals surface area contributed by atoms with Crippen LogP contribution in [0.4, 0.5) is 0 Å². The Bertz CT molecular complexity index is 281. The summed E-state index contributed by atoms with van der Waals surface area (Å²) in [5, 5.41) is 0. The van der Waals surface area contributed by atoms with Crippen molar-refractivity contribution in [2.75, 3.05) is 7.05 Å². The number of carbonyl (C=O) groups is 1. The van der Waals surface area contributed by atoms with Crippen LogP contribution in [0.15, 0.2) is 0 Å². The second-order valence-electron chi connectivity index (χ2n) is 6.54. The standard InChI is InChI=1S/C15H25NO/c1-16-13-6-7-14(16)10-12(9-13)15(17)8-11-4-2-3-5-11/h11-14H,2-10H2,1H3. The van der Waals surface area contributed by atoms with Gasteiger partial charge in [-0.25, -0.2) is 0 Å². The lowest BCUT2D eigenvalue weighted by Gasteiger charge is -2.35. The molecular weight excluding hydrogens is 210 g/mol. The molecule has 3 rings (SSSR count). The maximum absolute atomic E-state index is 12.4. The van der Waals surface area contributed by atoms with Crippen molar-refractivity contribution in [2.45, 2.75) is 69.9 Å². The molecule has 3 fully saturated rings. The van der Waals surface area contributed by atoms with Crippen LogP contribution in [0, 0.1) is 11.8 Å². The first-order valence-corrected chi connectivity index (χ1v) is 7.48. The lowest BCUT2D eigenvalue weighted by Crippen LogP contribution is -2.42. The Morgan fingerprint density at radius 2 is 1.65 bits per heavy atom. The monoisotopic (exact) mass is 235 g/mol. The molecule has 2 heteroatoms. The zero-order valence-corrected chi connectivity index (χ0v) is 11.0. The van der Waals surface area contributed by atoms with Gasteiger partial charge in [-0.3, -0.25) is 4.79 Å². The third-order valence-electron chi connectivity index (χ3n) is 5.52. The molecule has 2 heterocycles. The molecule has 0 aromatic rings. The molecule has 0 amide bonds. The quantitative estimate of drug-likeness (QED) is 0.749. The normalized spacial score (nSPS) is 38.8. The van der Waals surface area contributed by atoms with Gasteiger partial charge in [0.2, 0.25) is 0 Å². The van der Waals surface area contributed by atoms with Gasteiger partial charge in [-0.1, -0.05) is 25.7 Å². The second-order valence-corrected chi connectivity index (χ2v) is 6.54. The summed E-state index contributed by atoms with van der Waals surface area (Å²) in [6.07, 6.45) is 11.2. The van der Waals surface area contributed by atoms with E-state index < -0.39 is 0 Å². The van der Waals surface area contributed by atoms with Crippen LogP contribution in [-0.2, 0) is 4.79 Å². The summed E-state index contributed by atoms with van der Waals surface area (Å²) in [5.74, 6) is 1.74. The van der Waals surface area contributed by atoms with E-state index in [1.54, 1.807) is 0 Å². The average Bonchev–Trinajstić information content (AvgIpc) is 2.86. The van der Waals surface area contributed by atoms with Crippen molar-refractivity contribution in [3.63, 3.8) is 0 Å².